The highest BCUT2D eigenvalue weighted by atomic mass is 35.5. The summed E-state index contributed by atoms with van der Waals surface area (Å²) in [6.07, 6.45) is 3.60. The predicted molar refractivity (Wildman–Crippen MR) is 82.6 cm³/mol. The zero-order chi connectivity index (χ0) is 14.8. The maximum absolute atomic E-state index is 13.2. The van der Waals surface area contributed by atoms with Gasteiger partial charge in [0, 0.05) is 30.2 Å². The molecule has 21 heavy (non-hydrogen) atoms. The van der Waals surface area contributed by atoms with Crippen LogP contribution in [0.1, 0.15) is 5.56 Å². The van der Waals surface area contributed by atoms with Crippen molar-refractivity contribution in [2.45, 2.75) is 6.54 Å². The first-order valence-corrected chi connectivity index (χ1v) is 6.82. The number of halogens is 2. The van der Waals surface area contributed by atoms with Crippen LogP contribution in [-0.2, 0) is 6.54 Å². The molecule has 0 aliphatic heterocycles. The molecule has 0 radical (unpaired) electrons. The number of nitrogens with zero attached hydrogens (tertiary/aromatic N) is 2. The summed E-state index contributed by atoms with van der Waals surface area (Å²) in [5.41, 5.74) is 8.34. The van der Waals surface area contributed by atoms with E-state index in [4.69, 9.17) is 17.3 Å². The lowest BCUT2D eigenvalue weighted by Crippen LogP contribution is -2.01. The van der Waals surface area contributed by atoms with Crippen LogP contribution in [0.3, 0.4) is 0 Å². The Labute approximate surface area is 126 Å². The quantitative estimate of drug-likeness (QED) is 0.744. The minimum Gasteiger partial charge on any atom is -0.399 e. The second kappa shape index (κ2) is 5.58. The Bertz CT molecular complexity index is 783. The highest BCUT2D eigenvalue weighted by molar-refractivity contribution is 6.30. The molecule has 3 aromatic rings. The van der Waals surface area contributed by atoms with E-state index in [1.54, 1.807) is 18.3 Å². The van der Waals surface area contributed by atoms with Gasteiger partial charge in [0.15, 0.2) is 0 Å². The average molecular weight is 302 g/mol. The van der Waals surface area contributed by atoms with E-state index in [-0.39, 0.29) is 5.02 Å². The summed E-state index contributed by atoms with van der Waals surface area (Å²) < 4.78 is 15.2. The molecule has 0 aliphatic carbocycles. The summed E-state index contributed by atoms with van der Waals surface area (Å²) in [5, 5.41) is 0.123. The van der Waals surface area contributed by atoms with Crippen molar-refractivity contribution in [3.63, 3.8) is 0 Å². The van der Waals surface area contributed by atoms with Gasteiger partial charge < -0.3 is 10.3 Å². The van der Waals surface area contributed by atoms with Gasteiger partial charge in [-0.2, -0.15) is 0 Å². The highest BCUT2D eigenvalue weighted by Crippen LogP contribution is 2.22. The van der Waals surface area contributed by atoms with Gasteiger partial charge in [-0.3, -0.25) is 0 Å². The minimum absolute atomic E-state index is 0.123. The fourth-order valence-electron chi connectivity index (χ4n) is 2.21. The molecule has 0 amide bonds. The van der Waals surface area contributed by atoms with Crippen LogP contribution in [0.15, 0.2) is 54.9 Å². The van der Waals surface area contributed by atoms with Crippen molar-refractivity contribution in [2.75, 3.05) is 5.73 Å². The number of imidazole rings is 1. The summed E-state index contributed by atoms with van der Waals surface area (Å²) >= 11 is 5.82. The summed E-state index contributed by atoms with van der Waals surface area (Å²) in [7, 11) is 0. The molecule has 106 valence electrons. The third-order valence-corrected chi connectivity index (χ3v) is 3.49. The summed E-state index contributed by atoms with van der Waals surface area (Å²) in [6.45, 7) is 0.560. The highest BCUT2D eigenvalue weighted by Gasteiger charge is 2.08. The van der Waals surface area contributed by atoms with Crippen LogP contribution in [-0.4, -0.2) is 9.55 Å². The van der Waals surface area contributed by atoms with Gasteiger partial charge in [0.1, 0.15) is 11.6 Å². The Hall–Kier alpha value is -2.33. The normalized spacial score (nSPS) is 10.8. The van der Waals surface area contributed by atoms with Crippen molar-refractivity contribution < 1.29 is 4.39 Å². The van der Waals surface area contributed by atoms with Crippen molar-refractivity contribution in [1.29, 1.82) is 0 Å². The minimum atomic E-state index is -0.415. The molecular weight excluding hydrogens is 289 g/mol. The number of rotatable bonds is 3. The van der Waals surface area contributed by atoms with Gasteiger partial charge in [-0.25, -0.2) is 9.37 Å². The SMILES string of the molecule is Nc1cccc(-c2nccn2Cc2ccc(F)c(Cl)c2)c1. The van der Waals surface area contributed by atoms with Crippen LogP contribution in [0.4, 0.5) is 10.1 Å². The molecule has 0 unspecified atom stereocenters. The molecule has 1 heterocycles. The molecule has 0 aliphatic rings. The molecule has 3 rings (SSSR count). The van der Waals surface area contributed by atoms with Crippen LogP contribution >= 0.6 is 11.6 Å². The molecule has 1 aromatic heterocycles. The maximum Gasteiger partial charge on any atom is 0.141 e. The van der Waals surface area contributed by atoms with E-state index in [0.717, 1.165) is 17.0 Å². The number of nitrogens with two attached hydrogens (primary N) is 1. The molecular formula is C16H13ClFN3. The Morgan fingerprint density at radius 2 is 2.05 bits per heavy atom. The second-order valence-electron chi connectivity index (χ2n) is 4.75. The number of benzene rings is 2. The van der Waals surface area contributed by atoms with Crippen LogP contribution in [0.5, 0.6) is 0 Å². The largest absolute Gasteiger partial charge is 0.399 e. The first-order valence-electron chi connectivity index (χ1n) is 6.44. The molecule has 0 saturated heterocycles. The molecule has 0 atom stereocenters. The topological polar surface area (TPSA) is 43.8 Å². The Balaban J connectivity index is 1.94. The first-order chi connectivity index (χ1) is 10.1. The average Bonchev–Trinajstić information content (AvgIpc) is 2.91. The Morgan fingerprint density at radius 3 is 2.81 bits per heavy atom. The Kier molecular flexibility index (Phi) is 3.62. The number of hydrogen-bond donors (Lipinski definition) is 1. The van der Waals surface area contributed by atoms with Crippen molar-refractivity contribution in [2.24, 2.45) is 0 Å². The molecule has 0 saturated carbocycles. The molecule has 5 heteroatoms. The predicted octanol–water partition coefficient (Wildman–Crippen LogP) is 3.97. The van der Waals surface area contributed by atoms with E-state index >= 15 is 0 Å². The van der Waals surface area contributed by atoms with Crippen molar-refractivity contribution >= 4 is 17.3 Å². The molecule has 3 nitrogen and oxygen atoms in total. The molecule has 0 spiro atoms. The third kappa shape index (κ3) is 2.90. The fraction of sp³-hybridized carbons (Fsp3) is 0.0625. The van der Waals surface area contributed by atoms with Gasteiger partial charge in [-0.1, -0.05) is 29.8 Å². The van der Waals surface area contributed by atoms with Gasteiger partial charge in [-0.05, 0) is 29.8 Å². The lowest BCUT2D eigenvalue weighted by molar-refractivity contribution is 0.627. The zero-order valence-electron chi connectivity index (χ0n) is 11.1. The van der Waals surface area contributed by atoms with Gasteiger partial charge in [0.05, 0.1) is 5.02 Å². The van der Waals surface area contributed by atoms with E-state index in [2.05, 4.69) is 4.98 Å². The van der Waals surface area contributed by atoms with Gasteiger partial charge >= 0.3 is 0 Å². The molecule has 0 bridgehead atoms. The van der Waals surface area contributed by atoms with E-state index < -0.39 is 5.82 Å². The smallest absolute Gasteiger partial charge is 0.141 e. The summed E-state index contributed by atoms with van der Waals surface area (Å²) in [6, 6.07) is 12.2. The summed E-state index contributed by atoms with van der Waals surface area (Å²) in [5.74, 6) is 0.393. The van der Waals surface area contributed by atoms with Gasteiger partial charge in [0.2, 0.25) is 0 Å². The van der Waals surface area contributed by atoms with E-state index in [1.807, 2.05) is 35.0 Å². The maximum atomic E-state index is 13.2. The lowest BCUT2D eigenvalue weighted by Gasteiger charge is -2.09. The molecule has 2 aromatic carbocycles. The monoisotopic (exact) mass is 301 g/mol. The van der Waals surface area contributed by atoms with Crippen LogP contribution in [0.2, 0.25) is 5.02 Å². The van der Waals surface area contributed by atoms with Gasteiger partial charge in [0.25, 0.3) is 0 Å². The zero-order valence-corrected chi connectivity index (χ0v) is 11.9. The number of aromatic nitrogens is 2. The molecule has 2 N–H and O–H groups in total. The lowest BCUT2D eigenvalue weighted by atomic mass is 10.1. The standard InChI is InChI=1S/C16H13ClFN3/c17-14-8-11(4-5-15(14)18)10-21-7-6-20-16(21)12-2-1-3-13(19)9-12/h1-9H,10,19H2. The Morgan fingerprint density at radius 1 is 1.19 bits per heavy atom. The van der Waals surface area contributed by atoms with Crippen LogP contribution < -0.4 is 5.73 Å². The van der Waals surface area contributed by atoms with Crippen LogP contribution in [0.25, 0.3) is 11.4 Å². The summed E-state index contributed by atoms with van der Waals surface area (Å²) in [4.78, 5) is 4.36. The van der Waals surface area contributed by atoms with Crippen molar-refractivity contribution in [3.8, 4) is 11.4 Å². The fourth-order valence-corrected chi connectivity index (χ4v) is 2.41. The van der Waals surface area contributed by atoms with Crippen molar-refractivity contribution in [1.82, 2.24) is 9.55 Å². The number of hydrogen-bond acceptors (Lipinski definition) is 2. The number of nitrogen functional groups attached to an aromatic ring is 1. The van der Waals surface area contributed by atoms with Crippen molar-refractivity contribution in [3.05, 3.63) is 71.3 Å². The van der Waals surface area contributed by atoms with E-state index in [0.29, 0.717) is 12.2 Å². The van der Waals surface area contributed by atoms with Crippen LogP contribution in [0, 0.1) is 5.82 Å². The first kappa shape index (κ1) is 13.6. The molecule has 0 fully saturated rings. The third-order valence-electron chi connectivity index (χ3n) is 3.20. The van der Waals surface area contributed by atoms with Gasteiger partial charge in [-0.15, -0.1) is 0 Å². The second-order valence-corrected chi connectivity index (χ2v) is 5.16. The van der Waals surface area contributed by atoms with E-state index in [9.17, 15) is 4.39 Å². The van der Waals surface area contributed by atoms with E-state index in [1.165, 1.54) is 6.07 Å². The number of anilines is 1.